The number of aryl methyl sites for hydroxylation is 1. The Kier molecular flexibility index (Phi) is 4.41. The van der Waals surface area contributed by atoms with Crippen molar-refractivity contribution in [2.75, 3.05) is 6.54 Å². The predicted molar refractivity (Wildman–Crippen MR) is 55.6 cm³/mol. The summed E-state index contributed by atoms with van der Waals surface area (Å²) in [5.41, 5.74) is 1.06. The first kappa shape index (κ1) is 11.8. The van der Waals surface area contributed by atoms with Gasteiger partial charge >= 0.3 is 5.97 Å². The summed E-state index contributed by atoms with van der Waals surface area (Å²) in [4.78, 5) is 11.1. The number of nitrogens with one attached hydrogen (secondary N) is 1. The Balaban J connectivity index is 2.44. The van der Waals surface area contributed by atoms with E-state index in [4.69, 9.17) is 9.29 Å². The van der Waals surface area contributed by atoms with Gasteiger partial charge in [-0.1, -0.05) is 17.7 Å². The van der Waals surface area contributed by atoms with Gasteiger partial charge in [0.15, 0.2) is 0 Å². The van der Waals surface area contributed by atoms with Gasteiger partial charge in [0, 0.05) is 0 Å². The average Bonchev–Trinajstić information content (AvgIpc) is 2.19. The van der Waals surface area contributed by atoms with Crippen LogP contribution in [0.25, 0.3) is 0 Å². The molecule has 5 nitrogen and oxygen atoms in total. The van der Waals surface area contributed by atoms with E-state index in [2.05, 4.69) is 0 Å². The molecule has 2 N–H and O–H groups in total. The smallest absolute Gasteiger partial charge is 0.326 e. The second kappa shape index (κ2) is 5.59. The molecule has 0 saturated carbocycles. The Labute approximate surface area is 89.9 Å². The number of esters is 1. The Morgan fingerprint density at radius 2 is 2.07 bits per heavy atom. The topological polar surface area (TPSA) is 75.6 Å². The normalized spacial score (nSPS) is 12.1. The van der Waals surface area contributed by atoms with Gasteiger partial charge in [-0.25, -0.2) is 8.93 Å². The highest BCUT2D eigenvalue weighted by molar-refractivity contribution is 7.77. The largest absolute Gasteiger partial charge is 0.426 e. The van der Waals surface area contributed by atoms with Crippen LogP contribution in [0.3, 0.4) is 0 Å². The summed E-state index contributed by atoms with van der Waals surface area (Å²) in [6.45, 7) is 1.61. The van der Waals surface area contributed by atoms with Crippen molar-refractivity contribution in [3.05, 3.63) is 29.8 Å². The Hall–Kier alpha value is -1.24. The van der Waals surface area contributed by atoms with Crippen LogP contribution in [-0.2, 0) is 16.1 Å². The van der Waals surface area contributed by atoms with Gasteiger partial charge in [0.2, 0.25) is 11.3 Å². The second-order valence-electron chi connectivity index (χ2n) is 2.86. The number of rotatable bonds is 4. The summed E-state index contributed by atoms with van der Waals surface area (Å²) in [6, 6.07) is 6.92. The van der Waals surface area contributed by atoms with Crippen LogP contribution in [0.15, 0.2) is 24.3 Å². The van der Waals surface area contributed by atoms with Crippen LogP contribution in [-0.4, -0.2) is 21.3 Å². The van der Waals surface area contributed by atoms with Crippen LogP contribution in [0.4, 0.5) is 0 Å². The third-order valence-corrected chi connectivity index (χ3v) is 1.98. The van der Waals surface area contributed by atoms with Gasteiger partial charge in [0.05, 0.1) is 0 Å². The van der Waals surface area contributed by atoms with Crippen LogP contribution in [0.5, 0.6) is 5.75 Å². The molecule has 0 fully saturated rings. The van der Waals surface area contributed by atoms with Crippen molar-refractivity contribution >= 4 is 17.2 Å². The zero-order valence-corrected chi connectivity index (χ0v) is 8.91. The molecule has 15 heavy (non-hydrogen) atoms. The number of ether oxygens (including phenoxy) is 1. The molecule has 1 unspecified atom stereocenters. The third-order valence-electron chi connectivity index (χ3n) is 1.59. The van der Waals surface area contributed by atoms with Gasteiger partial charge in [0.1, 0.15) is 12.3 Å². The molecular weight excluding hydrogens is 218 g/mol. The standard InChI is InChI=1S/C9H11NO4S/c1-7-2-4-8(5-3-7)14-9(11)6-10-15(12)13/h2-5,10H,6H2,1H3,(H,12,13). The number of hydrogen-bond donors (Lipinski definition) is 2. The predicted octanol–water partition coefficient (Wildman–Crippen LogP) is 0.627. The summed E-state index contributed by atoms with van der Waals surface area (Å²) in [7, 11) is 0. The van der Waals surface area contributed by atoms with Gasteiger partial charge < -0.3 is 4.74 Å². The first-order chi connectivity index (χ1) is 7.08. The van der Waals surface area contributed by atoms with Gasteiger partial charge in [-0.2, -0.15) is 0 Å². The van der Waals surface area contributed by atoms with E-state index in [1.54, 1.807) is 24.3 Å². The lowest BCUT2D eigenvalue weighted by molar-refractivity contribution is -0.133. The fraction of sp³-hybridized carbons (Fsp3) is 0.222. The molecule has 1 aromatic carbocycles. The SMILES string of the molecule is Cc1ccc(OC(=O)CNS(=O)O)cc1. The first-order valence-corrected chi connectivity index (χ1v) is 5.30. The van der Waals surface area contributed by atoms with Gasteiger partial charge in [0.25, 0.3) is 0 Å². The molecule has 0 bridgehead atoms. The van der Waals surface area contributed by atoms with Gasteiger partial charge in [-0.15, -0.1) is 0 Å². The molecule has 1 atom stereocenters. The van der Waals surface area contributed by atoms with Crippen molar-refractivity contribution in [2.24, 2.45) is 0 Å². The molecule has 1 rings (SSSR count). The van der Waals surface area contributed by atoms with E-state index in [9.17, 15) is 9.00 Å². The van der Waals surface area contributed by atoms with Gasteiger partial charge in [-0.05, 0) is 19.1 Å². The monoisotopic (exact) mass is 229 g/mol. The quantitative estimate of drug-likeness (QED) is 0.451. The third kappa shape index (κ3) is 4.68. The van der Waals surface area contributed by atoms with E-state index >= 15 is 0 Å². The molecule has 0 aliphatic carbocycles. The lowest BCUT2D eigenvalue weighted by Crippen LogP contribution is -2.27. The number of benzene rings is 1. The molecule has 0 aliphatic rings. The first-order valence-electron chi connectivity index (χ1n) is 4.19. The Morgan fingerprint density at radius 1 is 1.47 bits per heavy atom. The van der Waals surface area contributed by atoms with Crippen LogP contribution in [0, 0.1) is 6.92 Å². The van der Waals surface area contributed by atoms with Crippen LogP contribution in [0.1, 0.15) is 5.56 Å². The molecule has 1 aromatic rings. The zero-order valence-electron chi connectivity index (χ0n) is 8.10. The fourth-order valence-corrected chi connectivity index (χ4v) is 1.14. The molecule has 0 saturated heterocycles. The van der Waals surface area contributed by atoms with Crippen molar-refractivity contribution in [3.63, 3.8) is 0 Å². The Bertz CT molecular complexity index is 363. The highest BCUT2D eigenvalue weighted by atomic mass is 32.2. The number of carbonyl (C=O) groups excluding carboxylic acids is 1. The van der Waals surface area contributed by atoms with E-state index < -0.39 is 17.2 Å². The molecule has 0 heterocycles. The molecule has 0 amide bonds. The summed E-state index contributed by atoms with van der Waals surface area (Å²) in [5.74, 6) is -0.197. The molecule has 6 heteroatoms. The summed E-state index contributed by atoms with van der Waals surface area (Å²) < 4.78 is 25.5. The average molecular weight is 229 g/mol. The second-order valence-corrected chi connectivity index (χ2v) is 3.64. The number of hydrogen-bond acceptors (Lipinski definition) is 3. The summed E-state index contributed by atoms with van der Waals surface area (Å²) >= 11 is -2.20. The molecule has 0 aliphatic heterocycles. The molecular formula is C9H11NO4S. The van der Waals surface area contributed by atoms with Crippen molar-refractivity contribution in [1.82, 2.24) is 4.72 Å². The maximum absolute atomic E-state index is 11.1. The molecule has 82 valence electrons. The number of carbonyl (C=O) groups is 1. The van der Waals surface area contributed by atoms with E-state index in [1.807, 2.05) is 11.6 Å². The minimum atomic E-state index is -2.20. The van der Waals surface area contributed by atoms with Crippen molar-refractivity contribution in [1.29, 1.82) is 0 Å². The minimum absolute atomic E-state index is 0.309. The van der Waals surface area contributed by atoms with E-state index in [0.29, 0.717) is 5.75 Å². The molecule has 0 spiro atoms. The summed E-state index contributed by atoms with van der Waals surface area (Å²) in [6.07, 6.45) is 0. The molecule has 0 radical (unpaired) electrons. The molecule has 0 aromatic heterocycles. The van der Waals surface area contributed by atoms with E-state index in [-0.39, 0.29) is 6.54 Å². The van der Waals surface area contributed by atoms with E-state index in [1.165, 1.54) is 0 Å². The highest BCUT2D eigenvalue weighted by Crippen LogP contribution is 2.11. The van der Waals surface area contributed by atoms with Crippen molar-refractivity contribution in [3.8, 4) is 5.75 Å². The van der Waals surface area contributed by atoms with Crippen LogP contribution in [0.2, 0.25) is 0 Å². The minimum Gasteiger partial charge on any atom is -0.426 e. The maximum Gasteiger partial charge on any atom is 0.326 e. The fourth-order valence-electron chi connectivity index (χ4n) is 0.895. The lowest BCUT2D eigenvalue weighted by atomic mass is 10.2. The van der Waals surface area contributed by atoms with E-state index in [0.717, 1.165) is 5.56 Å². The summed E-state index contributed by atoms with van der Waals surface area (Å²) in [5, 5.41) is 0. The zero-order chi connectivity index (χ0) is 11.3. The van der Waals surface area contributed by atoms with Crippen molar-refractivity contribution in [2.45, 2.75) is 6.92 Å². The Morgan fingerprint density at radius 3 is 2.60 bits per heavy atom. The van der Waals surface area contributed by atoms with Crippen LogP contribution >= 0.6 is 0 Å². The highest BCUT2D eigenvalue weighted by Gasteiger charge is 2.05. The van der Waals surface area contributed by atoms with Gasteiger partial charge in [-0.3, -0.25) is 9.35 Å². The van der Waals surface area contributed by atoms with Crippen molar-refractivity contribution < 1.29 is 18.3 Å². The lowest BCUT2D eigenvalue weighted by Gasteiger charge is -2.03. The maximum atomic E-state index is 11.1. The van der Waals surface area contributed by atoms with Crippen LogP contribution < -0.4 is 9.46 Å².